The van der Waals surface area contributed by atoms with E-state index in [1.54, 1.807) is 20.8 Å². The van der Waals surface area contributed by atoms with Gasteiger partial charge in [-0.3, -0.25) is 9.59 Å². The number of carbonyl (C=O) groups excluding carboxylic acids is 2. The van der Waals surface area contributed by atoms with Crippen LogP contribution in [0.2, 0.25) is 0 Å². The molecule has 1 heterocycles. The van der Waals surface area contributed by atoms with Crippen molar-refractivity contribution in [1.82, 2.24) is 5.32 Å². The van der Waals surface area contributed by atoms with Crippen LogP contribution < -0.4 is 5.32 Å². The number of nitrogens with one attached hydrogen (secondary N) is 1. The van der Waals surface area contributed by atoms with E-state index in [0.717, 1.165) is 10.4 Å². The van der Waals surface area contributed by atoms with Gasteiger partial charge in [0.2, 0.25) is 0 Å². The van der Waals surface area contributed by atoms with Gasteiger partial charge in [-0.1, -0.05) is 20.8 Å². The average molecular weight is 371 g/mol. The Balaban J connectivity index is 2.57. The van der Waals surface area contributed by atoms with Crippen molar-refractivity contribution < 1.29 is 29.0 Å². The summed E-state index contributed by atoms with van der Waals surface area (Å²) in [5.74, 6) is -2.44. The molecule has 0 saturated heterocycles. The second-order valence-electron chi connectivity index (χ2n) is 6.01. The van der Waals surface area contributed by atoms with Gasteiger partial charge in [-0.25, -0.2) is 4.79 Å². The number of carboxylic acids is 1. The summed E-state index contributed by atoms with van der Waals surface area (Å²) in [5.41, 5.74) is 1.03. The lowest BCUT2D eigenvalue weighted by Gasteiger charge is -2.22. The number of esters is 1. The Morgan fingerprint density at radius 1 is 1.28 bits per heavy atom. The second kappa shape index (κ2) is 10.0. The molecule has 0 spiro atoms. The smallest absolute Gasteiger partial charge is 0.410 e. The molecule has 0 unspecified atom stereocenters. The lowest BCUT2D eigenvalue weighted by molar-refractivity contribution is -0.174. The Bertz CT molecular complexity index is 598. The highest BCUT2D eigenvalue weighted by molar-refractivity contribution is 7.10. The van der Waals surface area contributed by atoms with Crippen LogP contribution in [0.25, 0.3) is 0 Å². The van der Waals surface area contributed by atoms with E-state index in [4.69, 9.17) is 9.47 Å². The number of thiophene rings is 1. The van der Waals surface area contributed by atoms with Crippen LogP contribution >= 0.6 is 11.3 Å². The van der Waals surface area contributed by atoms with Crippen molar-refractivity contribution in [2.24, 2.45) is 11.8 Å². The van der Waals surface area contributed by atoms with Crippen LogP contribution in [0, 0.1) is 18.8 Å². The van der Waals surface area contributed by atoms with Gasteiger partial charge in [0.15, 0.2) is 0 Å². The number of aliphatic carboxylic acids is 1. The lowest BCUT2D eigenvalue weighted by Crippen LogP contribution is -2.38. The van der Waals surface area contributed by atoms with Gasteiger partial charge in [0.25, 0.3) is 6.29 Å². The molecule has 1 rings (SSSR count). The first-order chi connectivity index (χ1) is 11.7. The summed E-state index contributed by atoms with van der Waals surface area (Å²) in [6.07, 6.45) is -1.31. The molecule has 0 fully saturated rings. The zero-order valence-electron chi connectivity index (χ0n) is 14.9. The van der Waals surface area contributed by atoms with Crippen molar-refractivity contribution in [3.63, 3.8) is 0 Å². The van der Waals surface area contributed by atoms with Crippen LogP contribution in [0.5, 0.6) is 0 Å². The fraction of sp³-hybridized carbons (Fsp3) is 0.588. The summed E-state index contributed by atoms with van der Waals surface area (Å²) in [5, 5.41) is 13.7. The molecule has 140 valence electrons. The standard InChI is InChI=1S/C17H25NO6S/c1-5-14(19)23-16(10(2)3)24-17(22)18-9-12(15(20)21)8-13-11(4)6-7-25-13/h6-7,10,12,16H,5,8-9H2,1-4H3,(H,18,22)(H,20,21)/t12-,16-/m0/s1. The minimum Gasteiger partial charge on any atom is -0.481 e. The number of ether oxygens (including phenoxy) is 2. The van der Waals surface area contributed by atoms with Crippen LogP contribution in [0.4, 0.5) is 4.79 Å². The van der Waals surface area contributed by atoms with Gasteiger partial charge < -0.3 is 19.9 Å². The van der Waals surface area contributed by atoms with Crippen LogP contribution in [0.15, 0.2) is 11.4 Å². The molecule has 0 radical (unpaired) electrons. The molecule has 0 aliphatic rings. The predicted molar refractivity (Wildman–Crippen MR) is 93.4 cm³/mol. The van der Waals surface area contributed by atoms with Crippen LogP contribution in [0.1, 0.15) is 37.6 Å². The Morgan fingerprint density at radius 2 is 1.96 bits per heavy atom. The Hall–Kier alpha value is -2.09. The summed E-state index contributed by atoms with van der Waals surface area (Å²) < 4.78 is 10.1. The first kappa shape index (κ1) is 21.0. The fourth-order valence-electron chi connectivity index (χ4n) is 1.95. The maximum atomic E-state index is 11.9. The Kier molecular flexibility index (Phi) is 8.40. The zero-order valence-corrected chi connectivity index (χ0v) is 15.7. The van der Waals surface area contributed by atoms with Crippen molar-refractivity contribution in [2.45, 2.75) is 46.8 Å². The topological polar surface area (TPSA) is 102 Å². The molecular weight excluding hydrogens is 346 g/mol. The highest BCUT2D eigenvalue weighted by Gasteiger charge is 2.24. The summed E-state index contributed by atoms with van der Waals surface area (Å²) in [7, 11) is 0. The summed E-state index contributed by atoms with van der Waals surface area (Å²) in [6, 6.07) is 1.93. The molecule has 8 heteroatoms. The second-order valence-corrected chi connectivity index (χ2v) is 7.01. The average Bonchev–Trinajstić information content (AvgIpc) is 2.95. The molecule has 2 atom stereocenters. The summed E-state index contributed by atoms with van der Waals surface area (Å²) in [6.45, 7) is 6.99. The van der Waals surface area contributed by atoms with Crippen molar-refractivity contribution in [3.05, 3.63) is 21.9 Å². The molecule has 2 N–H and O–H groups in total. The highest BCUT2D eigenvalue weighted by Crippen LogP contribution is 2.20. The Morgan fingerprint density at radius 3 is 2.44 bits per heavy atom. The van der Waals surface area contributed by atoms with Gasteiger partial charge in [0, 0.05) is 23.8 Å². The zero-order chi connectivity index (χ0) is 19.0. The largest absolute Gasteiger partial charge is 0.481 e. The van der Waals surface area contributed by atoms with E-state index in [2.05, 4.69) is 5.32 Å². The molecule has 0 saturated carbocycles. The van der Waals surface area contributed by atoms with Gasteiger partial charge >= 0.3 is 18.0 Å². The van der Waals surface area contributed by atoms with Crippen molar-refractivity contribution in [2.75, 3.05) is 6.54 Å². The summed E-state index contributed by atoms with van der Waals surface area (Å²) in [4.78, 5) is 35.7. The fourth-order valence-corrected chi connectivity index (χ4v) is 2.93. The maximum Gasteiger partial charge on any atom is 0.410 e. The SMILES string of the molecule is CCC(=O)O[C@@H](OC(=O)NC[C@H](Cc1sccc1C)C(=O)O)C(C)C. The third-order valence-corrected chi connectivity index (χ3v) is 4.59. The molecular formula is C17H25NO6S. The Labute approximate surface area is 151 Å². The first-order valence-corrected chi connectivity index (χ1v) is 9.02. The molecule has 1 aromatic heterocycles. The molecule has 0 aliphatic carbocycles. The van der Waals surface area contributed by atoms with Crippen LogP contribution in [-0.2, 0) is 25.5 Å². The lowest BCUT2D eigenvalue weighted by atomic mass is 10.0. The first-order valence-electron chi connectivity index (χ1n) is 8.14. The monoisotopic (exact) mass is 371 g/mol. The van der Waals surface area contributed by atoms with E-state index < -0.39 is 30.2 Å². The quantitative estimate of drug-likeness (QED) is 0.511. The van der Waals surface area contributed by atoms with Gasteiger partial charge in [0.1, 0.15) is 0 Å². The van der Waals surface area contributed by atoms with Gasteiger partial charge in [0.05, 0.1) is 5.92 Å². The van der Waals surface area contributed by atoms with E-state index in [1.807, 2.05) is 18.4 Å². The van der Waals surface area contributed by atoms with Gasteiger partial charge in [-0.15, -0.1) is 11.3 Å². The maximum absolute atomic E-state index is 11.9. The number of rotatable bonds is 9. The molecule has 1 aromatic rings. The minimum absolute atomic E-state index is 0.0714. The number of alkyl carbamates (subject to hydrolysis) is 1. The number of hydrogen-bond donors (Lipinski definition) is 2. The van der Waals surface area contributed by atoms with Crippen molar-refractivity contribution in [1.29, 1.82) is 0 Å². The third kappa shape index (κ3) is 7.13. The number of carbonyl (C=O) groups is 3. The molecule has 7 nitrogen and oxygen atoms in total. The number of amides is 1. The highest BCUT2D eigenvalue weighted by atomic mass is 32.1. The van der Waals surface area contributed by atoms with Gasteiger partial charge in [-0.05, 0) is 30.4 Å². The van der Waals surface area contributed by atoms with Gasteiger partial charge in [-0.2, -0.15) is 0 Å². The minimum atomic E-state index is -1.00. The van der Waals surface area contributed by atoms with E-state index in [-0.39, 0.29) is 18.9 Å². The molecule has 25 heavy (non-hydrogen) atoms. The summed E-state index contributed by atoms with van der Waals surface area (Å²) >= 11 is 1.49. The van der Waals surface area contributed by atoms with E-state index in [9.17, 15) is 19.5 Å². The third-order valence-electron chi connectivity index (χ3n) is 3.55. The number of carboxylic acid groups (broad SMARTS) is 1. The number of hydrogen-bond acceptors (Lipinski definition) is 6. The van der Waals surface area contributed by atoms with Crippen LogP contribution in [0.3, 0.4) is 0 Å². The van der Waals surface area contributed by atoms with E-state index in [0.29, 0.717) is 6.42 Å². The molecule has 0 bridgehead atoms. The van der Waals surface area contributed by atoms with Crippen LogP contribution in [-0.4, -0.2) is 36.0 Å². The predicted octanol–water partition coefficient (Wildman–Crippen LogP) is 2.96. The van der Waals surface area contributed by atoms with E-state index >= 15 is 0 Å². The molecule has 0 aromatic carbocycles. The normalized spacial score (nSPS) is 13.2. The van der Waals surface area contributed by atoms with E-state index in [1.165, 1.54) is 11.3 Å². The van der Waals surface area contributed by atoms with Crippen molar-refractivity contribution in [3.8, 4) is 0 Å². The molecule has 1 amide bonds. The molecule has 0 aliphatic heterocycles. The van der Waals surface area contributed by atoms with Crippen molar-refractivity contribution >= 4 is 29.4 Å². The number of aryl methyl sites for hydroxylation is 1.